The molecule has 5 nitrogen and oxygen atoms in total. The van der Waals surface area contributed by atoms with Crippen LogP contribution in [-0.4, -0.2) is 50.2 Å². The van der Waals surface area contributed by atoms with Crippen molar-refractivity contribution in [3.05, 3.63) is 0 Å². The molecule has 0 aliphatic heterocycles. The average Bonchev–Trinajstić information content (AvgIpc) is 3.28. The molecule has 1 N–H and O–H groups in total. The maximum Gasteiger partial charge on any atom is 0.157 e. The first-order valence-electron chi connectivity index (χ1n) is 28.8. The van der Waals surface area contributed by atoms with Crippen LogP contribution in [0.3, 0.4) is 0 Å². The van der Waals surface area contributed by atoms with Crippen LogP contribution in [0.1, 0.15) is 323 Å². The summed E-state index contributed by atoms with van der Waals surface area (Å²) in [6.45, 7) is 12.6. The molecule has 0 rings (SSSR count). The van der Waals surface area contributed by atoms with Crippen molar-refractivity contribution in [3.63, 3.8) is 0 Å². The topological polar surface area (TPSA) is 57.2 Å². The molecule has 0 unspecified atom stereocenters. The zero-order chi connectivity index (χ0) is 44.9. The van der Waals surface area contributed by atoms with Crippen molar-refractivity contribution >= 4 is 0 Å². The lowest BCUT2D eigenvalue weighted by atomic mass is 10.0. The normalized spacial score (nSPS) is 12.0. The average molecular weight is 882 g/mol. The molecule has 0 spiro atoms. The molecule has 0 fully saturated rings. The van der Waals surface area contributed by atoms with Gasteiger partial charge in [0.1, 0.15) is 0 Å². The van der Waals surface area contributed by atoms with E-state index in [4.69, 9.17) is 18.9 Å². The molecule has 0 amide bonds. The highest BCUT2D eigenvalue weighted by atomic mass is 16.7. The van der Waals surface area contributed by atoms with E-state index in [9.17, 15) is 5.11 Å². The Bertz CT molecular complexity index is 676. The number of hydrogen-bond acceptors (Lipinski definition) is 5. The highest BCUT2D eigenvalue weighted by Gasteiger charge is 2.11. The first-order valence-corrected chi connectivity index (χ1v) is 28.8. The SMILES string of the molecule is CCCCCCCCCOC(CCCCCCCCCC(O)CCCCCCCCCC(OCCCCCCCCC)OCCCCCCCCC)OCCCCCCCCC. The van der Waals surface area contributed by atoms with E-state index < -0.39 is 0 Å². The third-order valence-corrected chi connectivity index (χ3v) is 13.2. The molecule has 0 aliphatic carbocycles. The first kappa shape index (κ1) is 61.8. The Kier molecular flexibility index (Phi) is 55.0. The highest BCUT2D eigenvalue weighted by molar-refractivity contribution is 4.59. The molecule has 0 atom stereocenters. The Morgan fingerprint density at radius 1 is 0.226 bits per heavy atom. The van der Waals surface area contributed by atoms with Gasteiger partial charge >= 0.3 is 0 Å². The van der Waals surface area contributed by atoms with Crippen LogP contribution in [0.25, 0.3) is 0 Å². The summed E-state index contributed by atoms with van der Waals surface area (Å²) >= 11 is 0. The lowest BCUT2D eigenvalue weighted by molar-refractivity contribution is -0.148. The molecular formula is C57H116O5. The lowest BCUT2D eigenvalue weighted by Gasteiger charge is -2.19. The van der Waals surface area contributed by atoms with E-state index in [1.807, 2.05) is 0 Å². The summed E-state index contributed by atoms with van der Waals surface area (Å²) in [6, 6.07) is 0. The molecule has 0 aromatic heterocycles. The van der Waals surface area contributed by atoms with E-state index in [-0.39, 0.29) is 18.7 Å². The van der Waals surface area contributed by atoms with Gasteiger partial charge in [0, 0.05) is 26.4 Å². The predicted octanol–water partition coefficient (Wildman–Crippen LogP) is 19.1. The van der Waals surface area contributed by atoms with Gasteiger partial charge in [-0.2, -0.15) is 0 Å². The molecule has 0 heterocycles. The second-order valence-electron chi connectivity index (χ2n) is 19.6. The molecule has 0 saturated heterocycles. The largest absolute Gasteiger partial charge is 0.393 e. The fraction of sp³-hybridized carbons (Fsp3) is 1.00. The Balaban J connectivity index is 3.97. The zero-order valence-corrected chi connectivity index (χ0v) is 43.2. The maximum atomic E-state index is 10.6. The van der Waals surface area contributed by atoms with Crippen molar-refractivity contribution in [2.24, 2.45) is 0 Å². The Morgan fingerprint density at radius 3 is 0.629 bits per heavy atom. The van der Waals surface area contributed by atoms with Gasteiger partial charge in [-0.05, 0) is 64.2 Å². The second-order valence-corrected chi connectivity index (χ2v) is 19.6. The van der Waals surface area contributed by atoms with E-state index in [1.54, 1.807) is 0 Å². The fourth-order valence-electron chi connectivity index (χ4n) is 8.82. The monoisotopic (exact) mass is 881 g/mol. The Hall–Kier alpha value is -0.200. The molecule has 62 heavy (non-hydrogen) atoms. The van der Waals surface area contributed by atoms with Gasteiger partial charge < -0.3 is 24.1 Å². The molecular weight excluding hydrogens is 765 g/mol. The van der Waals surface area contributed by atoms with Crippen LogP contribution in [0, 0.1) is 0 Å². The third-order valence-electron chi connectivity index (χ3n) is 13.2. The van der Waals surface area contributed by atoms with Gasteiger partial charge in [0.05, 0.1) is 6.10 Å². The van der Waals surface area contributed by atoms with Crippen molar-refractivity contribution in [1.82, 2.24) is 0 Å². The van der Waals surface area contributed by atoms with Crippen LogP contribution in [0.5, 0.6) is 0 Å². The summed E-state index contributed by atoms with van der Waals surface area (Å²) in [5, 5.41) is 10.6. The number of hydrogen-bond donors (Lipinski definition) is 1. The lowest BCUT2D eigenvalue weighted by Crippen LogP contribution is -2.19. The van der Waals surface area contributed by atoms with Crippen molar-refractivity contribution in [2.75, 3.05) is 26.4 Å². The van der Waals surface area contributed by atoms with E-state index in [0.29, 0.717) is 0 Å². The molecule has 0 aliphatic rings. The predicted molar refractivity (Wildman–Crippen MR) is 272 cm³/mol. The summed E-state index contributed by atoms with van der Waals surface area (Å²) < 4.78 is 25.1. The fourth-order valence-corrected chi connectivity index (χ4v) is 8.82. The Morgan fingerprint density at radius 2 is 0.403 bits per heavy atom. The van der Waals surface area contributed by atoms with Crippen molar-refractivity contribution < 1.29 is 24.1 Å². The zero-order valence-electron chi connectivity index (χ0n) is 43.2. The molecule has 0 bridgehead atoms. The standard InChI is InChI=1S/C57H116O5/c1-5-9-13-17-27-35-43-51-59-56(60-52-44-36-28-18-14-10-6-2)49-41-33-25-21-23-31-39-47-55(58)48-40-32-24-22-26-34-42-50-57(61-53-45-37-29-19-15-11-7-3)62-54-46-38-30-20-16-12-8-4/h55-58H,5-54H2,1-4H3. The van der Waals surface area contributed by atoms with Gasteiger partial charge in [-0.25, -0.2) is 0 Å². The van der Waals surface area contributed by atoms with Crippen molar-refractivity contribution in [3.8, 4) is 0 Å². The smallest absolute Gasteiger partial charge is 0.157 e. The van der Waals surface area contributed by atoms with E-state index >= 15 is 0 Å². The molecule has 0 aromatic carbocycles. The minimum Gasteiger partial charge on any atom is -0.393 e. The number of unbranched alkanes of at least 4 members (excludes halogenated alkanes) is 36. The minimum atomic E-state index is -0.104. The number of rotatable bonds is 56. The van der Waals surface area contributed by atoms with Crippen molar-refractivity contribution in [1.29, 1.82) is 0 Å². The number of aliphatic hydroxyl groups is 1. The van der Waals surface area contributed by atoms with Crippen molar-refractivity contribution in [2.45, 2.75) is 342 Å². The minimum absolute atomic E-state index is 0.00556. The van der Waals surface area contributed by atoms with Gasteiger partial charge in [0.15, 0.2) is 12.6 Å². The van der Waals surface area contributed by atoms with Crippen LogP contribution in [0.15, 0.2) is 0 Å². The quantitative estimate of drug-likeness (QED) is 0.0487. The summed E-state index contributed by atoms with van der Waals surface area (Å²) in [6.07, 6.45) is 58.7. The van der Waals surface area contributed by atoms with Gasteiger partial charge in [0.2, 0.25) is 0 Å². The summed E-state index contributed by atoms with van der Waals surface area (Å²) in [5.74, 6) is 0. The van der Waals surface area contributed by atoms with Crippen LogP contribution in [0.4, 0.5) is 0 Å². The number of ether oxygens (including phenoxy) is 4. The van der Waals surface area contributed by atoms with E-state index in [1.165, 1.54) is 270 Å². The molecule has 374 valence electrons. The van der Waals surface area contributed by atoms with Gasteiger partial charge in [-0.15, -0.1) is 0 Å². The van der Waals surface area contributed by atoms with Crippen LogP contribution in [0.2, 0.25) is 0 Å². The summed E-state index contributed by atoms with van der Waals surface area (Å²) in [5.41, 5.74) is 0. The molecule has 0 saturated carbocycles. The van der Waals surface area contributed by atoms with E-state index in [2.05, 4.69) is 27.7 Å². The maximum absolute atomic E-state index is 10.6. The van der Waals surface area contributed by atoms with Gasteiger partial charge in [0.25, 0.3) is 0 Å². The van der Waals surface area contributed by atoms with Gasteiger partial charge in [-0.3, -0.25) is 0 Å². The highest BCUT2D eigenvalue weighted by Crippen LogP contribution is 2.19. The third kappa shape index (κ3) is 50.8. The molecule has 0 radical (unpaired) electrons. The second kappa shape index (κ2) is 55.1. The Labute approximate surface area is 390 Å². The van der Waals surface area contributed by atoms with Gasteiger partial charge in [-0.1, -0.05) is 259 Å². The molecule has 0 aromatic rings. The van der Waals surface area contributed by atoms with Crippen LogP contribution >= 0.6 is 0 Å². The molecule has 5 heteroatoms. The summed E-state index contributed by atoms with van der Waals surface area (Å²) in [4.78, 5) is 0. The van der Waals surface area contributed by atoms with Crippen LogP contribution in [-0.2, 0) is 18.9 Å². The number of aliphatic hydroxyl groups excluding tert-OH is 1. The first-order chi connectivity index (χ1) is 30.7. The van der Waals surface area contributed by atoms with E-state index in [0.717, 1.165) is 52.1 Å². The van der Waals surface area contributed by atoms with Crippen LogP contribution < -0.4 is 0 Å². The summed E-state index contributed by atoms with van der Waals surface area (Å²) in [7, 11) is 0.